The minimum Gasteiger partial charge on any atom is -0.394 e. The van der Waals surface area contributed by atoms with Crippen LogP contribution in [0.5, 0.6) is 0 Å². The molecule has 1 aromatic carbocycles. The van der Waals surface area contributed by atoms with Crippen LogP contribution >= 0.6 is 35.3 Å². The summed E-state index contributed by atoms with van der Waals surface area (Å²) in [5.41, 5.74) is -2.23. The van der Waals surface area contributed by atoms with Gasteiger partial charge >= 0.3 is 0 Å². The molecule has 3 fully saturated rings. The summed E-state index contributed by atoms with van der Waals surface area (Å²) in [6.07, 6.45) is -9.21. The quantitative estimate of drug-likeness (QED) is 0.0424. The Balaban J connectivity index is 1.54. The summed E-state index contributed by atoms with van der Waals surface area (Å²) in [6.45, 7) is 2.38. The first-order valence-electron chi connectivity index (χ1n) is 20.7. The van der Waals surface area contributed by atoms with Gasteiger partial charge in [-0.05, 0) is 36.5 Å². The molecule has 15 atom stereocenters. The fraction of sp³-hybridized carbons (Fsp3) is 0.769. The van der Waals surface area contributed by atoms with Crippen LogP contribution in [0.1, 0.15) is 40.0 Å². The summed E-state index contributed by atoms with van der Waals surface area (Å²) in [5, 5.41) is 103. The molecule has 3 amide bonds. The van der Waals surface area contributed by atoms with Gasteiger partial charge in [-0.2, -0.15) is 0 Å². The van der Waals surface area contributed by atoms with Crippen molar-refractivity contribution in [1.82, 2.24) is 16.0 Å². The van der Waals surface area contributed by atoms with Gasteiger partial charge in [-0.15, -0.1) is 35.3 Å². The monoisotopic (exact) mass is 939 g/mol. The van der Waals surface area contributed by atoms with Crippen LogP contribution in [0.3, 0.4) is 0 Å². The fourth-order valence-corrected chi connectivity index (χ4v) is 17.7. The van der Waals surface area contributed by atoms with Crippen LogP contribution < -0.4 is 21.1 Å². The number of hydrogen-bond acceptors (Lipinski definition) is 18. The van der Waals surface area contributed by atoms with Gasteiger partial charge in [-0.25, -0.2) is 0 Å². The minimum atomic E-state index is -2.46. The highest BCUT2D eigenvalue weighted by molar-refractivity contribution is 8.00. The van der Waals surface area contributed by atoms with Crippen LogP contribution in [0.15, 0.2) is 30.3 Å². The Morgan fingerprint density at radius 2 is 0.820 bits per heavy atom. The van der Waals surface area contributed by atoms with E-state index >= 15 is 0 Å². The first kappa shape index (κ1) is 52.0. The molecule has 1 aromatic rings. The molecule has 0 saturated carbocycles. The lowest BCUT2D eigenvalue weighted by molar-refractivity contribution is -0.173. The Labute approximate surface area is 370 Å². The molecule has 0 bridgehead atoms. The number of ether oxygens (including phenoxy) is 3. The molecule has 61 heavy (non-hydrogen) atoms. The van der Waals surface area contributed by atoms with E-state index in [1.165, 1.54) is 61.2 Å². The van der Waals surface area contributed by atoms with Crippen molar-refractivity contribution in [2.45, 2.75) is 148 Å². The Morgan fingerprint density at radius 3 is 1.08 bits per heavy atom. The van der Waals surface area contributed by atoms with Crippen molar-refractivity contribution in [3.8, 4) is 0 Å². The maximum absolute atomic E-state index is 12.0. The number of benzene rings is 1. The van der Waals surface area contributed by atoms with E-state index in [-0.39, 0.29) is 0 Å². The van der Waals surface area contributed by atoms with Crippen molar-refractivity contribution in [2.24, 2.45) is 0 Å². The smallest absolute Gasteiger partial charge is 0.217 e. The molecule has 3 aliphatic heterocycles. The SMILES string of the molecule is CC(=O)N[C@@H]1[C@@H](O)[C@H](O)[C@@H](CO)O[C@H]1SCCC[Si](CCCS[C@@H]1O[C@H](CO)[C@@H](O)[C@H](O)[C@H]1NC(C)=O)(CCCS[C@@H]1O[C@H](CO)[C@@H](O)[C@H](O)[C@H]1NC(C)=O)c1ccccc1. The third-order valence-electron chi connectivity index (χ3n) is 11.4. The number of aliphatic hydroxyl groups is 9. The van der Waals surface area contributed by atoms with Gasteiger partial charge < -0.3 is 76.1 Å². The average molecular weight is 940 g/mol. The first-order chi connectivity index (χ1) is 29.1. The molecule has 3 saturated heterocycles. The Hall–Kier alpha value is -1.58. The summed E-state index contributed by atoms with van der Waals surface area (Å²) in [5.74, 6) is 0.456. The normalized spacial score (nSPS) is 34.4. The second-order valence-corrected chi connectivity index (χ2v) is 24.1. The number of thioether (sulfide) groups is 3. The molecule has 348 valence electrons. The van der Waals surface area contributed by atoms with Gasteiger partial charge in [0.1, 0.15) is 71.2 Å². The van der Waals surface area contributed by atoms with Gasteiger partial charge in [0.15, 0.2) is 0 Å². The molecular formula is C39H65N3O15S3Si. The van der Waals surface area contributed by atoms with E-state index in [4.69, 9.17) is 14.2 Å². The maximum atomic E-state index is 12.0. The molecule has 0 aliphatic carbocycles. The predicted octanol–water partition coefficient (Wildman–Crippen LogP) is -2.46. The van der Waals surface area contributed by atoms with Gasteiger partial charge in [0.05, 0.1) is 46.0 Å². The lowest BCUT2D eigenvalue weighted by Crippen LogP contribution is -2.63. The van der Waals surface area contributed by atoms with E-state index < -0.39 is 135 Å². The molecule has 3 aliphatic rings. The standard InChI is InChI=1S/C39H65N3O15S3Si/c1-21(46)40-28-34(52)31(49)25(18-43)55-37(28)58-12-7-15-61(24-10-5-4-6-11-24,16-8-13-59-38-29(41-22(2)47)35(53)32(50)26(19-44)56-38)17-9-14-60-39-30(42-23(3)48)36(54)33(51)27(20-45)57-39/h4-6,10-11,25-39,43-45,49-54H,7-9,12-20H2,1-3H3,(H,40,46)(H,41,47)(H,42,48)/t25-,26-,27-,28-,29-,30-,31-,32-,33-,34-,35-,36-,37+,38+,39+/m1/s1. The Kier molecular flexibility index (Phi) is 21.5. The van der Waals surface area contributed by atoms with E-state index in [1.54, 1.807) is 0 Å². The summed E-state index contributed by atoms with van der Waals surface area (Å²) >= 11 is 4.14. The van der Waals surface area contributed by atoms with E-state index in [9.17, 15) is 60.3 Å². The number of amides is 3. The zero-order valence-electron chi connectivity index (χ0n) is 34.7. The largest absolute Gasteiger partial charge is 0.394 e. The van der Waals surface area contributed by atoms with Crippen molar-refractivity contribution in [3.63, 3.8) is 0 Å². The van der Waals surface area contributed by atoms with Crippen molar-refractivity contribution in [3.05, 3.63) is 30.3 Å². The predicted molar refractivity (Wildman–Crippen MR) is 234 cm³/mol. The molecule has 4 rings (SSSR count). The van der Waals surface area contributed by atoms with E-state index in [2.05, 4.69) is 28.1 Å². The van der Waals surface area contributed by atoms with Crippen molar-refractivity contribution in [2.75, 3.05) is 37.1 Å². The van der Waals surface area contributed by atoms with Gasteiger partial charge in [0.25, 0.3) is 0 Å². The van der Waals surface area contributed by atoms with E-state index in [0.29, 0.717) is 36.5 Å². The van der Waals surface area contributed by atoms with Crippen molar-refractivity contribution < 1.29 is 74.6 Å². The van der Waals surface area contributed by atoms with Crippen LogP contribution in [0, 0.1) is 0 Å². The number of aliphatic hydroxyl groups excluding tert-OH is 9. The average Bonchev–Trinajstić information content (AvgIpc) is 3.23. The molecule has 3 heterocycles. The maximum Gasteiger partial charge on any atom is 0.217 e. The highest BCUT2D eigenvalue weighted by atomic mass is 32.2. The summed E-state index contributed by atoms with van der Waals surface area (Å²) in [6, 6.07) is 9.89. The first-order valence-corrected chi connectivity index (χ1v) is 26.4. The number of nitrogens with one attached hydrogen (secondary N) is 3. The summed E-state index contributed by atoms with van der Waals surface area (Å²) < 4.78 is 17.9. The van der Waals surface area contributed by atoms with E-state index in [0.717, 1.165) is 18.1 Å². The van der Waals surface area contributed by atoms with Gasteiger partial charge in [-0.3, -0.25) is 14.4 Å². The van der Waals surface area contributed by atoms with Crippen LogP contribution in [-0.2, 0) is 28.6 Å². The lowest BCUT2D eigenvalue weighted by Gasteiger charge is -2.42. The fourth-order valence-electron chi connectivity index (χ4n) is 8.27. The van der Waals surface area contributed by atoms with Crippen molar-refractivity contribution in [1.29, 1.82) is 0 Å². The molecule has 0 unspecified atom stereocenters. The molecule has 22 heteroatoms. The molecule has 12 N–H and O–H groups in total. The zero-order valence-corrected chi connectivity index (χ0v) is 38.2. The van der Waals surface area contributed by atoms with Crippen LogP contribution in [-0.4, -0.2) is 198 Å². The highest BCUT2D eigenvalue weighted by Crippen LogP contribution is 2.36. The Bertz CT molecular complexity index is 1380. The van der Waals surface area contributed by atoms with Crippen LogP contribution in [0.2, 0.25) is 18.1 Å². The molecule has 0 spiro atoms. The Morgan fingerprint density at radius 1 is 0.525 bits per heavy atom. The van der Waals surface area contributed by atoms with Crippen LogP contribution in [0.4, 0.5) is 0 Å². The second kappa shape index (κ2) is 25.2. The topological polar surface area (TPSA) is 297 Å². The summed E-state index contributed by atoms with van der Waals surface area (Å²) in [4.78, 5) is 36.1. The number of hydrogen-bond donors (Lipinski definition) is 12. The molecule has 0 radical (unpaired) electrons. The number of carbonyl (C=O) groups is 3. The third kappa shape index (κ3) is 14.2. The van der Waals surface area contributed by atoms with Gasteiger partial charge in [0.2, 0.25) is 17.7 Å². The number of carbonyl (C=O) groups excluding carboxylic acids is 3. The van der Waals surface area contributed by atoms with Gasteiger partial charge in [-0.1, -0.05) is 53.7 Å². The second-order valence-electron chi connectivity index (χ2n) is 15.9. The van der Waals surface area contributed by atoms with Crippen molar-refractivity contribution >= 4 is 66.3 Å². The van der Waals surface area contributed by atoms with Gasteiger partial charge in [0, 0.05) is 20.8 Å². The molecule has 0 aromatic heterocycles. The lowest BCUT2D eigenvalue weighted by atomic mass is 9.98. The molecular weight excluding hydrogens is 875 g/mol. The number of rotatable bonds is 22. The molecule has 18 nitrogen and oxygen atoms in total. The summed E-state index contributed by atoms with van der Waals surface area (Å²) in [7, 11) is -2.46. The zero-order chi connectivity index (χ0) is 44.9. The minimum absolute atomic E-state index is 0.404. The highest BCUT2D eigenvalue weighted by Gasteiger charge is 2.47. The van der Waals surface area contributed by atoms with E-state index in [1.807, 2.05) is 18.2 Å². The van der Waals surface area contributed by atoms with Crippen LogP contribution in [0.25, 0.3) is 0 Å². The third-order valence-corrected chi connectivity index (χ3v) is 20.6.